The molecule has 4 rings (SSSR count). The zero-order valence-corrected chi connectivity index (χ0v) is 20.3. The van der Waals surface area contributed by atoms with Gasteiger partial charge in [-0.05, 0) is 55.4 Å². The molecule has 1 saturated heterocycles. The Kier molecular flexibility index (Phi) is 7.07. The van der Waals surface area contributed by atoms with Crippen molar-refractivity contribution in [3.8, 4) is 0 Å². The molecule has 1 aromatic heterocycles. The number of esters is 2. The quantitative estimate of drug-likeness (QED) is 0.355. The summed E-state index contributed by atoms with van der Waals surface area (Å²) in [4.78, 5) is 50.7. The minimum atomic E-state index is -1.00. The van der Waals surface area contributed by atoms with Crippen LogP contribution in [0.3, 0.4) is 0 Å². The lowest BCUT2D eigenvalue weighted by molar-refractivity contribution is -0.150. The van der Waals surface area contributed by atoms with Gasteiger partial charge in [0.15, 0.2) is 0 Å². The number of para-hydroxylation sites is 1. The van der Waals surface area contributed by atoms with Crippen LogP contribution in [0.5, 0.6) is 0 Å². The number of hydrogen-bond acceptors (Lipinski definition) is 7. The van der Waals surface area contributed by atoms with Crippen LogP contribution in [0.1, 0.15) is 35.3 Å². The SMILES string of the molecule is CCOC(=O)[C@@H](C)N1C(=O)S/C(=C/c2cn(Cc3cccc(C(=O)OC)c3)c3ccccc23)C1=O. The van der Waals surface area contributed by atoms with Crippen molar-refractivity contribution in [2.45, 2.75) is 26.4 Å². The first kappa shape index (κ1) is 24.3. The van der Waals surface area contributed by atoms with Crippen LogP contribution in [-0.4, -0.2) is 52.3 Å². The molecule has 0 radical (unpaired) electrons. The fourth-order valence-electron chi connectivity index (χ4n) is 3.96. The predicted octanol–water partition coefficient (Wildman–Crippen LogP) is 4.46. The van der Waals surface area contributed by atoms with Crippen LogP contribution in [-0.2, 0) is 25.6 Å². The molecule has 1 atom stereocenters. The number of rotatable bonds is 7. The molecule has 1 aliphatic heterocycles. The number of carbonyl (C=O) groups excluding carboxylic acids is 4. The summed E-state index contributed by atoms with van der Waals surface area (Å²) in [5.74, 6) is -1.55. The minimum Gasteiger partial charge on any atom is -0.465 e. The molecule has 2 amide bonds. The number of ether oxygens (including phenoxy) is 2. The molecule has 3 aromatic rings. The number of hydrogen-bond donors (Lipinski definition) is 0. The number of carbonyl (C=O) groups is 4. The van der Waals surface area contributed by atoms with Crippen molar-refractivity contribution >= 4 is 51.8 Å². The number of thioether (sulfide) groups is 1. The number of methoxy groups -OCH3 is 1. The molecular formula is C26H24N2O6S. The van der Waals surface area contributed by atoms with Crippen molar-refractivity contribution in [3.05, 3.63) is 76.3 Å². The summed E-state index contributed by atoms with van der Waals surface area (Å²) in [6, 6.07) is 13.9. The molecule has 35 heavy (non-hydrogen) atoms. The van der Waals surface area contributed by atoms with Gasteiger partial charge in [0.05, 0.1) is 24.2 Å². The van der Waals surface area contributed by atoms with Crippen molar-refractivity contribution < 1.29 is 28.7 Å². The Bertz CT molecular complexity index is 1360. The lowest BCUT2D eigenvalue weighted by Gasteiger charge is -2.19. The second-order valence-corrected chi connectivity index (χ2v) is 8.89. The summed E-state index contributed by atoms with van der Waals surface area (Å²) in [6.45, 7) is 3.79. The Morgan fingerprint density at radius 2 is 1.89 bits per heavy atom. The van der Waals surface area contributed by atoms with E-state index >= 15 is 0 Å². The van der Waals surface area contributed by atoms with E-state index in [0.29, 0.717) is 12.1 Å². The van der Waals surface area contributed by atoms with Crippen LogP contribution >= 0.6 is 11.8 Å². The second kappa shape index (κ2) is 10.2. The molecular weight excluding hydrogens is 468 g/mol. The maximum Gasteiger partial charge on any atom is 0.337 e. The molecule has 0 spiro atoms. The van der Waals surface area contributed by atoms with E-state index in [-0.39, 0.29) is 11.5 Å². The first-order valence-electron chi connectivity index (χ1n) is 11.0. The van der Waals surface area contributed by atoms with E-state index in [0.717, 1.165) is 38.7 Å². The Balaban J connectivity index is 1.67. The number of imide groups is 1. The average molecular weight is 493 g/mol. The Hall–Kier alpha value is -3.85. The van der Waals surface area contributed by atoms with Gasteiger partial charge in [-0.25, -0.2) is 9.59 Å². The highest BCUT2D eigenvalue weighted by Gasteiger charge is 2.41. The Morgan fingerprint density at radius 3 is 2.63 bits per heavy atom. The number of fused-ring (bicyclic) bond motifs is 1. The van der Waals surface area contributed by atoms with Gasteiger partial charge in [0.2, 0.25) is 0 Å². The molecule has 0 bridgehead atoms. The largest absolute Gasteiger partial charge is 0.465 e. The maximum atomic E-state index is 13.0. The molecule has 0 unspecified atom stereocenters. The molecule has 0 N–H and O–H groups in total. The minimum absolute atomic E-state index is 0.164. The van der Waals surface area contributed by atoms with Crippen LogP contribution in [0.25, 0.3) is 17.0 Å². The molecule has 180 valence electrons. The maximum absolute atomic E-state index is 13.0. The number of benzene rings is 2. The summed E-state index contributed by atoms with van der Waals surface area (Å²) in [5, 5.41) is 0.395. The second-order valence-electron chi connectivity index (χ2n) is 7.90. The standard InChI is InChI=1S/C26H24N2O6S/c1-4-34-24(30)16(2)28-23(29)22(35-26(28)32)13-19-15-27(21-11-6-5-10-20(19)21)14-17-8-7-9-18(12-17)25(31)33-3/h5-13,15-16H,4,14H2,1-3H3/b22-13+/t16-/m1/s1. The number of nitrogens with zero attached hydrogens (tertiary/aromatic N) is 2. The zero-order chi connectivity index (χ0) is 25.1. The first-order chi connectivity index (χ1) is 16.8. The van der Waals surface area contributed by atoms with Gasteiger partial charge in [-0.2, -0.15) is 0 Å². The molecule has 0 aliphatic carbocycles. The lowest BCUT2D eigenvalue weighted by Crippen LogP contribution is -2.42. The third-order valence-corrected chi connectivity index (χ3v) is 6.53. The van der Waals surface area contributed by atoms with Crippen molar-refractivity contribution in [3.63, 3.8) is 0 Å². The van der Waals surface area contributed by atoms with Crippen LogP contribution in [0.4, 0.5) is 4.79 Å². The summed E-state index contributed by atoms with van der Waals surface area (Å²) in [7, 11) is 1.34. The van der Waals surface area contributed by atoms with Gasteiger partial charge in [-0.3, -0.25) is 14.5 Å². The normalized spacial score (nSPS) is 15.6. The van der Waals surface area contributed by atoms with Crippen molar-refractivity contribution in [1.82, 2.24) is 9.47 Å². The predicted molar refractivity (Wildman–Crippen MR) is 133 cm³/mol. The van der Waals surface area contributed by atoms with Gasteiger partial charge < -0.3 is 14.0 Å². The van der Waals surface area contributed by atoms with Crippen LogP contribution in [0, 0.1) is 0 Å². The highest BCUT2D eigenvalue weighted by atomic mass is 32.2. The van der Waals surface area contributed by atoms with E-state index < -0.39 is 29.1 Å². The average Bonchev–Trinajstić information content (AvgIpc) is 3.34. The molecule has 2 heterocycles. The van der Waals surface area contributed by atoms with Gasteiger partial charge >= 0.3 is 11.9 Å². The zero-order valence-electron chi connectivity index (χ0n) is 19.5. The first-order valence-corrected chi connectivity index (χ1v) is 11.8. The smallest absolute Gasteiger partial charge is 0.337 e. The third-order valence-electron chi connectivity index (χ3n) is 5.65. The van der Waals surface area contributed by atoms with E-state index in [2.05, 4.69) is 0 Å². The van der Waals surface area contributed by atoms with Gasteiger partial charge in [0.25, 0.3) is 11.1 Å². The Morgan fingerprint density at radius 1 is 1.11 bits per heavy atom. The molecule has 1 fully saturated rings. The fraction of sp³-hybridized carbons (Fsp3) is 0.231. The summed E-state index contributed by atoms with van der Waals surface area (Å²) in [6.07, 6.45) is 3.57. The third kappa shape index (κ3) is 4.85. The molecule has 1 aliphatic rings. The highest BCUT2D eigenvalue weighted by Crippen LogP contribution is 2.35. The van der Waals surface area contributed by atoms with Gasteiger partial charge in [0.1, 0.15) is 6.04 Å². The number of aromatic nitrogens is 1. The molecule has 9 heteroatoms. The van der Waals surface area contributed by atoms with Gasteiger partial charge in [-0.1, -0.05) is 30.3 Å². The fourth-order valence-corrected chi connectivity index (χ4v) is 4.85. The van der Waals surface area contributed by atoms with Crippen molar-refractivity contribution in [2.75, 3.05) is 13.7 Å². The van der Waals surface area contributed by atoms with Crippen molar-refractivity contribution in [2.24, 2.45) is 0 Å². The van der Waals surface area contributed by atoms with Gasteiger partial charge in [0, 0.05) is 29.2 Å². The summed E-state index contributed by atoms with van der Waals surface area (Å²) >= 11 is 0.800. The highest BCUT2D eigenvalue weighted by molar-refractivity contribution is 8.18. The van der Waals surface area contributed by atoms with Crippen molar-refractivity contribution in [1.29, 1.82) is 0 Å². The van der Waals surface area contributed by atoms with E-state index in [1.807, 2.05) is 41.1 Å². The topological polar surface area (TPSA) is 94.9 Å². The molecule has 8 nitrogen and oxygen atoms in total. The van der Waals surface area contributed by atoms with Gasteiger partial charge in [-0.15, -0.1) is 0 Å². The van der Waals surface area contributed by atoms with E-state index in [9.17, 15) is 19.2 Å². The van der Waals surface area contributed by atoms with E-state index in [4.69, 9.17) is 9.47 Å². The van der Waals surface area contributed by atoms with E-state index in [1.165, 1.54) is 14.0 Å². The summed E-state index contributed by atoms with van der Waals surface area (Å²) < 4.78 is 11.8. The molecule has 2 aromatic carbocycles. The van der Waals surface area contributed by atoms with E-state index in [1.54, 1.807) is 31.2 Å². The number of amides is 2. The lowest BCUT2D eigenvalue weighted by atomic mass is 10.1. The molecule has 0 saturated carbocycles. The van der Waals surface area contributed by atoms with Crippen LogP contribution in [0.15, 0.2) is 59.6 Å². The summed E-state index contributed by atoms with van der Waals surface area (Å²) in [5.41, 5.74) is 3.07. The van der Waals surface area contributed by atoms with Crippen LogP contribution in [0.2, 0.25) is 0 Å². The monoisotopic (exact) mass is 492 g/mol. The Labute approximate surface area is 206 Å². The van der Waals surface area contributed by atoms with Crippen LogP contribution < -0.4 is 0 Å².